The number of benzene rings is 2. The van der Waals surface area contributed by atoms with Crippen molar-refractivity contribution < 1.29 is 4.79 Å². The molecule has 2 aromatic carbocycles. The zero-order valence-corrected chi connectivity index (χ0v) is 7.87. The van der Waals surface area contributed by atoms with Crippen LogP contribution in [0.15, 0.2) is 36.4 Å². The number of hydrogen-bond donors (Lipinski definition) is 1. The van der Waals surface area contributed by atoms with E-state index < -0.39 is 0 Å². The number of hydrogen-bond acceptors (Lipinski definition) is 1. The summed E-state index contributed by atoms with van der Waals surface area (Å²) in [6.07, 6.45) is 0. The summed E-state index contributed by atoms with van der Waals surface area (Å²) < 4.78 is 0. The van der Waals surface area contributed by atoms with E-state index in [9.17, 15) is 4.79 Å². The summed E-state index contributed by atoms with van der Waals surface area (Å²) in [5.74, 6) is -0.0956. The van der Waals surface area contributed by atoms with Crippen molar-refractivity contribution in [3.05, 3.63) is 48.0 Å². The van der Waals surface area contributed by atoms with Crippen molar-refractivity contribution in [1.82, 2.24) is 5.32 Å². The van der Waals surface area contributed by atoms with Gasteiger partial charge in [0.15, 0.2) is 0 Å². The van der Waals surface area contributed by atoms with Crippen LogP contribution in [-0.4, -0.2) is 13.0 Å². The van der Waals surface area contributed by atoms with Gasteiger partial charge in [-0.05, 0) is 16.8 Å². The molecule has 1 N–H and O–H groups in total. The molecule has 2 nitrogen and oxygen atoms in total. The molecule has 0 atom stereocenters. The van der Waals surface area contributed by atoms with Gasteiger partial charge < -0.3 is 5.32 Å². The molecule has 14 heavy (non-hydrogen) atoms. The Balaban J connectivity index is 2.71. The van der Waals surface area contributed by atoms with Crippen LogP contribution in [0.2, 0.25) is 0 Å². The molecular formula is C12H10NO. The molecule has 2 heteroatoms. The maximum atomic E-state index is 11.5. The van der Waals surface area contributed by atoms with E-state index in [0.717, 1.165) is 10.8 Å². The van der Waals surface area contributed by atoms with Crippen LogP contribution in [0.3, 0.4) is 0 Å². The van der Waals surface area contributed by atoms with Gasteiger partial charge in [0.1, 0.15) is 0 Å². The van der Waals surface area contributed by atoms with E-state index in [4.69, 9.17) is 0 Å². The van der Waals surface area contributed by atoms with Crippen LogP contribution in [0, 0.1) is 6.07 Å². The third kappa shape index (κ3) is 1.35. The smallest absolute Gasteiger partial charge is 0.252 e. The summed E-state index contributed by atoms with van der Waals surface area (Å²) in [6.45, 7) is 0. The molecule has 0 saturated carbocycles. The van der Waals surface area contributed by atoms with Crippen molar-refractivity contribution in [3.8, 4) is 0 Å². The molecule has 0 unspecified atom stereocenters. The van der Waals surface area contributed by atoms with Crippen molar-refractivity contribution in [2.75, 3.05) is 7.05 Å². The molecule has 0 fully saturated rings. The number of nitrogens with one attached hydrogen (secondary N) is 1. The van der Waals surface area contributed by atoms with E-state index in [-0.39, 0.29) is 5.91 Å². The van der Waals surface area contributed by atoms with Crippen molar-refractivity contribution >= 4 is 16.7 Å². The van der Waals surface area contributed by atoms with E-state index in [1.54, 1.807) is 13.1 Å². The van der Waals surface area contributed by atoms with Gasteiger partial charge in [-0.25, -0.2) is 0 Å². The van der Waals surface area contributed by atoms with Crippen LogP contribution in [0.5, 0.6) is 0 Å². The zero-order valence-electron chi connectivity index (χ0n) is 7.87. The Hall–Kier alpha value is -1.83. The van der Waals surface area contributed by atoms with E-state index in [1.807, 2.05) is 30.3 Å². The van der Waals surface area contributed by atoms with Gasteiger partial charge in [-0.1, -0.05) is 36.4 Å². The lowest BCUT2D eigenvalue weighted by Crippen LogP contribution is -2.18. The van der Waals surface area contributed by atoms with Crippen LogP contribution in [0.1, 0.15) is 10.4 Å². The van der Waals surface area contributed by atoms with Gasteiger partial charge in [0.05, 0.1) is 5.56 Å². The predicted octanol–water partition coefficient (Wildman–Crippen LogP) is 2.00. The first-order valence-electron chi connectivity index (χ1n) is 4.44. The van der Waals surface area contributed by atoms with E-state index in [2.05, 4.69) is 11.4 Å². The third-order valence-electron chi connectivity index (χ3n) is 2.17. The topological polar surface area (TPSA) is 29.1 Å². The first kappa shape index (κ1) is 8.75. The fourth-order valence-corrected chi connectivity index (χ4v) is 1.48. The number of amides is 1. The second-order valence-corrected chi connectivity index (χ2v) is 3.02. The lowest BCUT2D eigenvalue weighted by molar-refractivity contribution is 0.0964. The Bertz CT molecular complexity index is 471. The highest BCUT2D eigenvalue weighted by Crippen LogP contribution is 2.17. The summed E-state index contributed by atoms with van der Waals surface area (Å²) in [5, 5.41) is 4.60. The normalized spacial score (nSPS) is 10.1. The fourth-order valence-electron chi connectivity index (χ4n) is 1.48. The standard InChI is InChI=1S/C12H10NO/c1-13-12(14)11-8-4-6-9-5-2-3-7-10(9)11/h2-7H,1H3,(H,13,14). The molecule has 2 aromatic rings. The first-order chi connectivity index (χ1) is 6.83. The second kappa shape index (κ2) is 3.50. The molecule has 0 spiro atoms. The van der Waals surface area contributed by atoms with E-state index >= 15 is 0 Å². The van der Waals surface area contributed by atoms with Crippen LogP contribution >= 0.6 is 0 Å². The molecule has 0 heterocycles. The van der Waals surface area contributed by atoms with E-state index in [0.29, 0.717) is 5.56 Å². The molecule has 0 aliphatic carbocycles. The van der Waals surface area contributed by atoms with Gasteiger partial charge in [0.2, 0.25) is 0 Å². The molecule has 0 aromatic heterocycles. The van der Waals surface area contributed by atoms with Crippen molar-refractivity contribution in [2.24, 2.45) is 0 Å². The fraction of sp³-hybridized carbons (Fsp3) is 0.0833. The lowest BCUT2D eigenvalue weighted by atomic mass is 10.0. The number of fused-ring (bicyclic) bond motifs is 1. The molecule has 0 aliphatic rings. The molecule has 69 valence electrons. The Morgan fingerprint density at radius 1 is 1.29 bits per heavy atom. The minimum atomic E-state index is -0.0956. The Morgan fingerprint density at radius 3 is 2.86 bits per heavy atom. The summed E-state index contributed by atoms with van der Waals surface area (Å²) in [5.41, 5.74) is 0.602. The third-order valence-corrected chi connectivity index (χ3v) is 2.17. The summed E-state index contributed by atoms with van der Waals surface area (Å²) >= 11 is 0. The number of carbonyl (C=O) groups is 1. The molecule has 1 radical (unpaired) electrons. The van der Waals surface area contributed by atoms with Gasteiger partial charge in [-0.3, -0.25) is 4.79 Å². The Morgan fingerprint density at radius 2 is 2.07 bits per heavy atom. The van der Waals surface area contributed by atoms with Crippen LogP contribution < -0.4 is 5.32 Å². The minimum absolute atomic E-state index is 0.0956. The van der Waals surface area contributed by atoms with Crippen molar-refractivity contribution in [3.63, 3.8) is 0 Å². The maximum absolute atomic E-state index is 11.5. The quantitative estimate of drug-likeness (QED) is 0.721. The molecule has 0 bridgehead atoms. The Kier molecular flexibility index (Phi) is 2.19. The van der Waals surface area contributed by atoms with E-state index in [1.165, 1.54) is 0 Å². The number of rotatable bonds is 1. The highest BCUT2D eigenvalue weighted by molar-refractivity contribution is 6.06. The lowest BCUT2D eigenvalue weighted by Gasteiger charge is -2.03. The highest BCUT2D eigenvalue weighted by atomic mass is 16.1. The molecule has 2 rings (SSSR count). The molecule has 1 amide bonds. The molecule has 0 saturated heterocycles. The average molecular weight is 184 g/mol. The van der Waals surface area contributed by atoms with Gasteiger partial charge in [0, 0.05) is 7.05 Å². The summed E-state index contributed by atoms with van der Waals surface area (Å²) in [4.78, 5) is 11.5. The second-order valence-electron chi connectivity index (χ2n) is 3.02. The van der Waals surface area contributed by atoms with Gasteiger partial charge >= 0.3 is 0 Å². The van der Waals surface area contributed by atoms with Gasteiger partial charge in [-0.15, -0.1) is 0 Å². The monoisotopic (exact) mass is 184 g/mol. The largest absolute Gasteiger partial charge is 0.355 e. The Labute approximate surface area is 82.6 Å². The number of carbonyl (C=O) groups excluding carboxylic acids is 1. The van der Waals surface area contributed by atoms with Crippen LogP contribution in [0.25, 0.3) is 10.8 Å². The predicted molar refractivity (Wildman–Crippen MR) is 56.2 cm³/mol. The van der Waals surface area contributed by atoms with Gasteiger partial charge in [-0.2, -0.15) is 0 Å². The molecular weight excluding hydrogens is 174 g/mol. The SMILES string of the molecule is CNC(=O)c1[c]ccc2ccccc12. The van der Waals surface area contributed by atoms with Gasteiger partial charge in [0.25, 0.3) is 5.91 Å². The first-order valence-corrected chi connectivity index (χ1v) is 4.44. The average Bonchev–Trinajstić information content (AvgIpc) is 2.27. The van der Waals surface area contributed by atoms with Crippen LogP contribution in [0.4, 0.5) is 0 Å². The van der Waals surface area contributed by atoms with Crippen molar-refractivity contribution in [1.29, 1.82) is 0 Å². The van der Waals surface area contributed by atoms with Crippen molar-refractivity contribution in [2.45, 2.75) is 0 Å². The minimum Gasteiger partial charge on any atom is -0.355 e. The maximum Gasteiger partial charge on any atom is 0.252 e. The summed E-state index contributed by atoms with van der Waals surface area (Å²) in [7, 11) is 1.62. The van der Waals surface area contributed by atoms with Crippen LogP contribution in [-0.2, 0) is 0 Å². The highest BCUT2D eigenvalue weighted by Gasteiger charge is 2.06. The molecule has 0 aliphatic heterocycles. The zero-order chi connectivity index (χ0) is 9.97. The summed E-state index contributed by atoms with van der Waals surface area (Å²) in [6, 6.07) is 14.4.